The monoisotopic (exact) mass is 1080 g/mol. The van der Waals surface area contributed by atoms with Gasteiger partial charge >= 0.3 is 12.2 Å². The molecule has 1 aliphatic carbocycles. The van der Waals surface area contributed by atoms with Crippen molar-refractivity contribution in [2.75, 3.05) is 9.80 Å². The van der Waals surface area contributed by atoms with Gasteiger partial charge in [0.25, 0.3) is 0 Å². The van der Waals surface area contributed by atoms with Crippen molar-refractivity contribution in [3.63, 3.8) is 0 Å². The fourth-order valence-corrected chi connectivity index (χ4v) is 15.3. The first-order valence-corrected chi connectivity index (χ1v) is 30.2. The average molecular weight is 1080 g/mol. The summed E-state index contributed by atoms with van der Waals surface area (Å²) in [7, 11) is 0. The lowest BCUT2D eigenvalue weighted by atomic mass is 9.33. The first-order valence-electron chi connectivity index (χ1n) is 30.2. The lowest BCUT2D eigenvalue weighted by Gasteiger charge is -2.39. The Hall–Kier alpha value is -8.61. The van der Waals surface area contributed by atoms with E-state index in [-0.39, 0.29) is 31.0 Å². The Labute approximate surface area is 489 Å². The van der Waals surface area contributed by atoms with Gasteiger partial charge in [-0.2, -0.15) is 0 Å². The molecule has 6 nitrogen and oxygen atoms in total. The molecular weight excluding hydrogens is 1010 g/mol. The summed E-state index contributed by atoms with van der Waals surface area (Å²) in [6.45, 7) is 20.2. The molecule has 0 fully saturated rings. The van der Waals surface area contributed by atoms with E-state index in [1.54, 1.807) is 0 Å². The first-order chi connectivity index (χ1) is 40.3. The Bertz CT molecular complexity index is 4350. The molecule has 0 N–H and O–H groups in total. The van der Waals surface area contributed by atoms with E-state index in [1.165, 1.54) is 74.7 Å². The smallest absolute Gasteiger partial charge is 0.409 e. The number of anilines is 4. The molecule has 0 saturated heterocycles. The molecule has 4 heterocycles. The van der Waals surface area contributed by atoms with Crippen LogP contribution in [0.1, 0.15) is 107 Å². The maximum absolute atomic E-state index is 14.3. The highest BCUT2D eigenvalue weighted by atomic mass is 16.6. The minimum absolute atomic E-state index is 0.0602. The Morgan fingerprint density at radius 3 is 1.51 bits per heavy atom. The van der Waals surface area contributed by atoms with Crippen LogP contribution in [0.15, 0.2) is 170 Å². The SMILES string of the molecule is CCCC.CCCCC(C)CC1(C)c2cc(-c3ccc4c5c6c(ccc35)B(c3c(C)cccc3C)c3ccccc3N6C(=O)O4)ccc2-c2ccc(-c3cc4c5c6c(cccc36)OC(=O)N5c3ccccc3B4c3c(C)cccc3C)cc21. The molecule has 0 radical (unpaired) electrons. The molecule has 15 rings (SSSR count). The number of ether oxygens (including phenoxy) is 2. The molecule has 83 heavy (non-hydrogen) atoms. The molecule has 4 aliphatic heterocycles. The average Bonchev–Trinajstić information content (AvgIpc) is 2.20. The second kappa shape index (κ2) is 20.1. The highest BCUT2D eigenvalue weighted by molar-refractivity contribution is 6.99. The topological polar surface area (TPSA) is 59.1 Å². The van der Waals surface area contributed by atoms with Crippen molar-refractivity contribution in [1.82, 2.24) is 0 Å². The molecule has 10 aromatic rings. The summed E-state index contributed by atoms with van der Waals surface area (Å²) in [6, 6.07) is 61.4. The highest BCUT2D eigenvalue weighted by Gasteiger charge is 2.46. The van der Waals surface area contributed by atoms with Crippen molar-refractivity contribution in [1.29, 1.82) is 0 Å². The van der Waals surface area contributed by atoms with Gasteiger partial charge in [0.05, 0.1) is 11.4 Å². The number of aryl methyl sites for hydroxylation is 4. The minimum atomic E-state index is -0.381. The zero-order valence-electron chi connectivity index (χ0n) is 49.2. The van der Waals surface area contributed by atoms with Crippen molar-refractivity contribution < 1.29 is 19.1 Å². The molecule has 408 valence electrons. The number of carbonyl (C=O) groups excluding carboxylic acids is 2. The van der Waals surface area contributed by atoms with Gasteiger partial charge in [-0.1, -0.05) is 233 Å². The van der Waals surface area contributed by atoms with E-state index in [2.05, 4.69) is 202 Å². The number of hydrogen-bond donors (Lipinski definition) is 0. The number of hydrogen-bond acceptors (Lipinski definition) is 4. The van der Waals surface area contributed by atoms with Crippen LogP contribution in [-0.4, -0.2) is 25.6 Å². The molecule has 8 heteroatoms. The standard InChI is InChI=1S/C71H58B2N2O4.C4H10/c1-8-9-17-40(2)39-71(7)53-36-45(47-33-35-62-64-51(47)32-34-57-67(64)74(69(76)79-62)59-25-12-10-23-55(59)72(57)65-41(3)18-14-19-42(65)4)28-30-48(53)49-31-29-46(37-54(49)71)52-38-58-68-63-50(52)22-16-27-61(63)78-70(77)75(68)60-26-13-11-24-56(60)73(58)66-43(5)20-15-21-44(66)6;1-3-4-2/h10-16,18-38,40H,8-9,17,39H2,1-7H3;3-4H2,1-2H3. The number of para-hydroxylation sites is 2. The van der Waals surface area contributed by atoms with E-state index in [9.17, 15) is 9.59 Å². The van der Waals surface area contributed by atoms with Crippen LogP contribution in [0, 0.1) is 33.6 Å². The molecule has 2 atom stereocenters. The quantitative estimate of drug-likeness (QED) is 0.128. The second-order valence-corrected chi connectivity index (χ2v) is 24.4. The van der Waals surface area contributed by atoms with E-state index in [4.69, 9.17) is 9.47 Å². The van der Waals surface area contributed by atoms with E-state index in [1.807, 2.05) is 40.1 Å². The summed E-state index contributed by atoms with van der Waals surface area (Å²) >= 11 is 0. The zero-order chi connectivity index (χ0) is 57.2. The Morgan fingerprint density at radius 1 is 0.470 bits per heavy atom. The van der Waals surface area contributed by atoms with Gasteiger partial charge in [-0.25, -0.2) is 19.4 Å². The molecule has 2 unspecified atom stereocenters. The molecule has 5 aliphatic rings. The number of nitrogens with zero attached hydrogens (tertiary/aromatic N) is 2. The third-order valence-electron chi connectivity index (χ3n) is 19.2. The van der Waals surface area contributed by atoms with Gasteiger partial charge in [-0.15, -0.1) is 0 Å². The van der Waals surface area contributed by atoms with Crippen LogP contribution in [0.2, 0.25) is 0 Å². The normalized spacial score (nSPS) is 16.0. The summed E-state index contributed by atoms with van der Waals surface area (Å²) in [6.07, 6.45) is 6.37. The summed E-state index contributed by atoms with van der Waals surface area (Å²) < 4.78 is 12.6. The lowest BCUT2D eigenvalue weighted by Crippen LogP contribution is -2.60. The van der Waals surface area contributed by atoms with E-state index >= 15 is 0 Å². The summed E-state index contributed by atoms with van der Waals surface area (Å²) in [4.78, 5) is 32.2. The number of rotatable bonds is 10. The third kappa shape index (κ3) is 7.91. The van der Waals surface area contributed by atoms with Gasteiger partial charge in [0.2, 0.25) is 13.4 Å². The van der Waals surface area contributed by atoms with Gasteiger partial charge in [-0.3, -0.25) is 0 Å². The number of amides is 2. The number of benzene rings is 10. The van der Waals surface area contributed by atoms with Crippen LogP contribution >= 0.6 is 0 Å². The molecule has 10 aromatic carbocycles. The molecule has 0 saturated carbocycles. The van der Waals surface area contributed by atoms with Gasteiger partial charge in [0.15, 0.2) is 0 Å². The van der Waals surface area contributed by atoms with Crippen molar-refractivity contribution in [3.8, 4) is 44.9 Å². The molecule has 0 bridgehead atoms. The second-order valence-electron chi connectivity index (χ2n) is 24.4. The Morgan fingerprint density at radius 2 is 0.952 bits per heavy atom. The first kappa shape index (κ1) is 52.5. The van der Waals surface area contributed by atoms with Gasteiger partial charge in [0, 0.05) is 27.6 Å². The van der Waals surface area contributed by atoms with Gasteiger partial charge in [0.1, 0.15) is 11.5 Å². The van der Waals surface area contributed by atoms with E-state index in [0.29, 0.717) is 17.4 Å². The van der Waals surface area contributed by atoms with Crippen LogP contribution in [0.25, 0.3) is 54.9 Å². The Kier molecular flexibility index (Phi) is 12.7. The van der Waals surface area contributed by atoms with Crippen LogP contribution in [0.4, 0.5) is 32.3 Å². The van der Waals surface area contributed by atoms with Crippen LogP contribution in [0.5, 0.6) is 11.5 Å². The third-order valence-corrected chi connectivity index (χ3v) is 19.2. The predicted octanol–water partition coefficient (Wildman–Crippen LogP) is 15.8. The summed E-state index contributed by atoms with van der Waals surface area (Å²) in [5.74, 6) is 1.66. The van der Waals surface area contributed by atoms with Crippen LogP contribution in [0.3, 0.4) is 0 Å². The van der Waals surface area contributed by atoms with Crippen molar-refractivity contribution in [2.24, 2.45) is 5.92 Å². The van der Waals surface area contributed by atoms with E-state index < -0.39 is 0 Å². The predicted molar refractivity (Wildman–Crippen MR) is 348 cm³/mol. The highest BCUT2D eigenvalue weighted by Crippen LogP contribution is 2.56. The largest absolute Gasteiger partial charge is 0.424 e. The summed E-state index contributed by atoms with van der Waals surface area (Å²) in [5, 5.41) is 4.04. The van der Waals surface area contributed by atoms with E-state index in [0.717, 1.165) is 108 Å². The van der Waals surface area contributed by atoms with Gasteiger partial charge in [-0.05, 0) is 154 Å². The van der Waals surface area contributed by atoms with Crippen molar-refractivity contribution in [2.45, 2.75) is 106 Å². The number of unbranched alkanes of at least 4 members (excludes halogenated alkanes) is 2. The lowest BCUT2D eigenvalue weighted by molar-refractivity contribution is 0.209. The Balaban J connectivity index is 0.00000149. The minimum Gasteiger partial charge on any atom is -0.409 e. The van der Waals surface area contributed by atoms with Gasteiger partial charge < -0.3 is 9.47 Å². The maximum atomic E-state index is 14.3. The van der Waals surface area contributed by atoms with Crippen molar-refractivity contribution >= 4 is 103 Å². The molecule has 2 amide bonds. The zero-order valence-corrected chi connectivity index (χ0v) is 49.2. The van der Waals surface area contributed by atoms with Crippen LogP contribution < -0.4 is 52.1 Å². The molecular formula is C75H68B2N2O4. The fraction of sp³-hybridized carbons (Fsp3) is 0.227. The molecule has 0 spiro atoms. The van der Waals surface area contributed by atoms with Crippen LogP contribution in [-0.2, 0) is 5.41 Å². The maximum Gasteiger partial charge on any atom is 0.424 e. The number of fused-ring (bicyclic) bond motifs is 7. The summed E-state index contributed by atoms with van der Waals surface area (Å²) in [5.41, 5.74) is 24.8. The number of carbonyl (C=O) groups is 2. The fourth-order valence-electron chi connectivity index (χ4n) is 15.3. The molecule has 0 aromatic heterocycles. The van der Waals surface area contributed by atoms with Crippen molar-refractivity contribution in [3.05, 3.63) is 203 Å².